The lowest BCUT2D eigenvalue weighted by atomic mass is 9.91. The van der Waals surface area contributed by atoms with Crippen LogP contribution < -0.4 is 10.6 Å². The summed E-state index contributed by atoms with van der Waals surface area (Å²) in [5.74, 6) is 6.17. The van der Waals surface area contributed by atoms with Gasteiger partial charge in [-0.3, -0.25) is 14.9 Å². The Balaban J connectivity index is 1.41. The molecular formula is C34H39N3O6. The van der Waals surface area contributed by atoms with E-state index >= 15 is 0 Å². The highest BCUT2D eigenvalue weighted by molar-refractivity contribution is 5.94. The molecule has 0 radical (unpaired) electrons. The molecule has 0 saturated carbocycles. The van der Waals surface area contributed by atoms with Crippen molar-refractivity contribution >= 4 is 22.8 Å². The highest BCUT2D eigenvalue weighted by atomic mass is 16.5. The van der Waals surface area contributed by atoms with Crippen molar-refractivity contribution in [1.29, 1.82) is 0 Å². The smallest absolute Gasteiger partial charge is 0.307 e. The summed E-state index contributed by atoms with van der Waals surface area (Å²) >= 11 is 0. The minimum Gasteiger partial charge on any atom is -0.491 e. The molecule has 2 aromatic carbocycles. The van der Waals surface area contributed by atoms with Crippen LogP contribution in [-0.2, 0) is 20.7 Å². The summed E-state index contributed by atoms with van der Waals surface area (Å²) in [7, 11) is 1.31. The minimum atomic E-state index is -1.04. The van der Waals surface area contributed by atoms with Crippen molar-refractivity contribution < 1.29 is 29.3 Å². The van der Waals surface area contributed by atoms with Crippen LogP contribution >= 0.6 is 0 Å². The Kier molecular flexibility index (Phi) is 11.2. The third-order valence-electron chi connectivity index (χ3n) is 7.08. The standard InChI is InChI=1S/C34H39N3O6/c1-22(2)43-31-15-12-24(9-8-23-10-13-25(14-11-23)33(40)35-17-16-32(39)42-3)18-29(31)34(41)37-27(21-38)19-26-20-36-30-7-5-4-6-28(26)30/h4-7,10-15,20,22,24,27,34,36-38,41H,16-19,21H2,1-3H3,(H,35,40)/t24?,27-,34?/m1/s1. The Morgan fingerprint density at radius 3 is 2.63 bits per heavy atom. The van der Waals surface area contributed by atoms with Gasteiger partial charge in [0.25, 0.3) is 5.91 Å². The second-order valence-electron chi connectivity index (χ2n) is 10.7. The van der Waals surface area contributed by atoms with Gasteiger partial charge < -0.3 is 30.0 Å². The SMILES string of the molecule is COC(=O)CCNC(=O)c1ccc(C#CC2C=CC(OC(C)C)=C(C(O)N[C@@H](CO)Cc3c[nH]c4ccccc34)C2)cc1. The molecule has 1 heterocycles. The van der Waals surface area contributed by atoms with Crippen molar-refractivity contribution in [3.63, 3.8) is 0 Å². The Labute approximate surface area is 252 Å². The number of allylic oxidation sites excluding steroid dienone is 2. The predicted molar refractivity (Wildman–Crippen MR) is 165 cm³/mol. The van der Waals surface area contributed by atoms with Crippen molar-refractivity contribution in [2.75, 3.05) is 20.3 Å². The first-order valence-corrected chi connectivity index (χ1v) is 14.4. The number of rotatable bonds is 12. The average molecular weight is 586 g/mol. The Morgan fingerprint density at radius 1 is 1.14 bits per heavy atom. The van der Waals surface area contributed by atoms with E-state index in [1.54, 1.807) is 24.3 Å². The first-order chi connectivity index (χ1) is 20.8. The van der Waals surface area contributed by atoms with Gasteiger partial charge in [0.1, 0.15) is 12.0 Å². The van der Waals surface area contributed by atoms with E-state index in [1.165, 1.54) is 7.11 Å². The van der Waals surface area contributed by atoms with Crippen LogP contribution in [0.4, 0.5) is 0 Å². The summed E-state index contributed by atoms with van der Waals surface area (Å²) in [4.78, 5) is 26.8. The fourth-order valence-electron chi connectivity index (χ4n) is 4.86. The molecule has 43 heavy (non-hydrogen) atoms. The van der Waals surface area contributed by atoms with Crippen molar-refractivity contribution in [3.05, 3.63) is 94.9 Å². The zero-order valence-electron chi connectivity index (χ0n) is 24.7. The fourth-order valence-corrected chi connectivity index (χ4v) is 4.86. The molecule has 2 unspecified atom stereocenters. The lowest BCUT2D eigenvalue weighted by Crippen LogP contribution is -2.43. The number of aromatic amines is 1. The summed E-state index contributed by atoms with van der Waals surface area (Å²) in [6, 6.07) is 14.5. The van der Waals surface area contributed by atoms with Gasteiger partial charge in [-0.25, -0.2) is 0 Å². The van der Waals surface area contributed by atoms with Crippen molar-refractivity contribution in [2.24, 2.45) is 5.92 Å². The molecule has 0 aliphatic heterocycles. The molecule has 226 valence electrons. The number of hydrogen-bond donors (Lipinski definition) is 5. The number of nitrogens with one attached hydrogen (secondary N) is 3. The zero-order chi connectivity index (χ0) is 30.8. The number of methoxy groups -OCH3 is 1. The van der Waals surface area contributed by atoms with Crippen LogP contribution in [0.1, 0.15) is 48.2 Å². The van der Waals surface area contributed by atoms with Crippen LogP contribution in [0.3, 0.4) is 0 Å². The summed E-state index contributed by atoms with van der Waals surface area (Å²) in [5, 5.41) is 28.4. The lowest BCUT2D eigenvalue weighted by molar-refractivity contribution is -0.140. The average Bonchev–Trinajstić information content (AvgIpc) is 3.42. The molecule has 9 nitrogen and oxygen atoms in total. The van der Waals surface area contributed by atoms with Crippen LogP contribution in [0, 0.1) is 17.8 Å². The van der Waals surface area contributed by atoms with Gasteiger partial charge in [-0.05, 0) is 68.7 Å². The van der Waals surface area contributed by atoms with Crippen molar-refractivity contribution in [2.45, 2.75) is 51.5 Å². The maximum absolute atomic E-state index is 12.3. The first-order valence-electron chi connectivity index (χ1n) is 14.4. The number of esters is 1. The molecule has 0 bridgehead atoms. The first kappa shape index (κ1) is 31.6. The minimum absolute atomic E-state index is 0.0828. The van der Waals surface area contributed by atoms with Gasteiger partial charge in [0, 0.05) is 52.3 Å². The molecule has 4 rings (SSSR count). The molecular weight excluding hydrogens is 546 g/mol. The number of carbonyl (C=O) groups excluding carboxylic acids is 2. The predicted octanol–water partition coefficient (Wildman–Crippen LogP) is 3.58. The number of carbonyl (C=O) groups is 2. The van der Waals surface area contributed by atoms with Gasteiger partial charge in [0.05, 0.1) is 26.2 Å². The van der Waals surface area contributed by atoms with E-state index in [9.17, 15) is 19.8 Å². The van der Waals surface area contributed by atoms with Crippen molar-refractivity contribution in [3.8, 4) is 11.8 Å². The highest BCUT2D eigenvalue weighted by Gasteiger charge is 2.25. The Hall–Kier alpha value is -4.36. The second kappa shape index (κ2) is 15.2. The van der Waals surface area contributed by atoms with E-state index < -0.39 is 6.23 Å². The van der Waals surface area contributed by atoms with Crippen LogP contribution in [0.25, 0.3) is 10.9 Å². The van der Waals surface area contributed by atoms with E-state index in [0.717, 1.165) is 22.0 Å². The molecule has 0 fully saturated rings. The topological polar surface area (TPSA) is 133 Å². The molecule has 1 aromatic heterocycles. The third kappa shape index (κ3) is 8.82. The van der Waals surface area contributed by atoms with Gasteiger partial charge in [0.2, 0.25) is 0 Å². The number of fused-ring (bicyclic) bond motifs is 1. The summed E-state index contributed by atoms with van der Waals surface area (Å²) in [6.45, 7) is 3.91. The number of H-pyrrole nitrogens is 1. The summed E-state index contributed by atoms with van der Waals surface area (Å²) < 4.78 is 10.6. The third-order valence-corrected chi connectivity index (χ3v) is 7.08. The van der Waals surface area contributed by atoms with E-state index in [4.69, 9.17) is 4.74 Å². The number of amides is 1. The van der Waals surface area contributed by atoms with Crippen LogP contribution in [0.5, 0.6) is 0 Å². The number of aromatic nitrogens is 1. The van der Waals surface area contributed by atoms with E-state index in [2.05, 4.69) is 32.2 Å². The number of hydrogen-bond acceptors (Lipinski definition) is 7. The van der Waals surface area contributed by atoms with Gasteiger partial charge in [-0.1, -0.05) is 36.1 Å². The molecule has 1 aliphatic carbocycles. The van der Waals surface area contributed by atoms with Gasteiger partial charge >= 0.3 is 5.97 Å². The van der Waals surface area contributed by atoms with Gasteiger partial charge in [0.15, 0.2) is 0 Å². The fraction of sp³-hybridized carbons (Fsp3) is 0.353. The molecule has 1 amide bonds. The van der Waals surface area contributed by atoms with E-state index in [0.29, 0.717) is 29.7 Å². The molecule has 0 saturated heterocycles. The molecule has 3 aromatic rings. The quantitative estimate of drug-likeness (QED) is 0.125. The molecule has 3 atom stereocenters. The van der Waals surface area contributed by atoms with E-state index in [-0.39, 0.29) is 49.5 Å². The lowest BCUT2D eigenvalue weighted by Gasteiger charge is -2.28. The maximum atomic E-state index is 12.3. The molecule has 0 spiro atoms. The second-order valence-corrected chi connectivity index (χ2v) is 10.7. The van der Waals surface area contributed by atoms with Crippen molar-refractivity contribution in [1.82, 2.24) is 15.6 Å². The summed E-state index contributed by atoms with van der Waals surface area (Å²) in [5.41, 5.74) is 3.96. The van der Waals surface area contributed by atoms with Gasteiger partial charge in [-0.15, -0.1) is 0 Å². The Morgan fingerprint density at radius 2 is 1.91 bits per heavy atom. The monoisotopic (exact) mass is 585 g/mol. The summed E-state index contributed by atoms with van der Waals surface area (Å²) in [6.07, 6.45) is 5.71. The molecule has 9 heteroatoms. The molecule has 5 N–H and O–H groups in total. The zero-order valence-corrected chi connectivity index (χ0v) is 24.7. The molecule has 1 aliphatic rings. The highest BCUT2D eigenvalue weighted by Crippen LogP contribution is 2.28. The normalized spacial score (nSPS) is 16.0. The number of benzene rings is 2. The van der Waals surface area contributed by atoms with Crippen LogP contribution in [-0.4, -0.2) is 65.7 Å². The van der Waals surface area contributed by atoms with Crippen LogP contribution in [0.15, 0.2) is 78.2 Å². The number of ether oxygens (including phenoxy) is 2. The van der Waals surface area contributed by atoms with Gasteiger partial charge in [-0.2, -0.15) is 0 Å². The van der Waals surface area contributed by atoms with Crippen LogP contribution in [0.2, 0.25) is 0 Å². The maximum Gasteiger partial charge on any atom is 0.307 e. The number of aliphatic hydroxyl groups excluding tert-OH is 2. The Bertz CT molecular complexity index is 1530. The largest absolute Gasteiger partial charge is 0.491 e. The van der Waals surface area contributed by atoms with E-state index in [1.807, 2.05) is 56.5 Å². The number of para-hydroxylation sites is 1. The number of aliphatic hydroxyl groups is 2.